The minimum Gasteiger partial charge on any atom is -0.479 e. The first-order valence-electron chi connectivity index (χ1n) is 5.53. The highest BCUT2D eigenvalue weighted by Gasteiger charge is 2.46. The molecule has 2 unspecified atom stereocenters. The predicted octanol–water partition coefficient (Wildman–Crippen LogP) is 1.27. The van der Waals surface area contributed by atoms with E-state index in [0.717, 1.165) is 12.8 Å². The van der Waals surface area contributed by atoms with E-state index >= 15 is 0 Å². The lowest BCUT2D eigenvalue weighted by molar-refractivity contribution is -0.172. The van der Waals surface area contributed by atoms with E-state index in [1.165, 1.54) is 0 Å². The number of ether oxygens (including phenoxy) is 1. The van der Waals surface area contributed by atoms with Gasteiger partial charge in [0.25, 0.3) is 0 Å². The summed E-state index contributed by atoms with van der Waals surface area (Å²) in [5.41, 5.74) is -1.60. The molecule has 0 bridgehead atoms. The van der Waals surface area contributed by atoms with Crippen molar-refractivity contribution in [3.63, 3.8) is 0 Å². The predicted molar refractivity (Wildman–Crippen MR) is 55.6 cm³/mol. The van der Waals surface area contributed by atoms with Crippen LogP contribution in [0.3, 0.4) is 0 Å². The number of hydrogen-bond donors (Lipinski definition) is 2. The third-order valence-corrected chi connectivity index (χ3v) is 3.30. The van der Waals surface area contributed by atoms with Crippen LogP contribution in [0.15, 0.2) is 0 Å². The molecule has 1 rings (SSSR count). The van der Waals surface area contributed by atoms with Gasteiger partial charge in [0, 0.05) is 19.1 Å². The van der Waals surface area contributed by atoms with Gasteiger partial charge in [-0.2, -0.15) is 0 Å². The first-order chi connectivity index (χ1) is 6.99. The lowest BCUT2D eigenvalue weighted by Crippen LogP contribution is -2.50. The van der Waals surface area contributed by atoms with E-state index < -0.39 is 11.6 Å². The zero-order valence-corrected chi connectivity index (χ0v) is 9.40. The van der Waals surface area contributed by atoms with Crippen LogP contribution in [0.5, 0.6) is 0 Å². The molecule has 2 N–H and O–H groups in total. The molecule has 1 aliphatic heterocycles. The number of carboxylic acid groups (broad SMARTS) is 1. The number of aliphatic carboxylic acids is 1. The molecule has 15 heavy (non-hydrogen) atoms. The van der Waals surface area contributed by atoms with Gasteiger partial charge in [0.15, 0.2) is 5.60 Å². The highest BCUT2D eigenvalue weighted by atomic mass is 16.5. The second-order valence-electron chi connectivity index (χ2n) is 4.53. The zero-order valence-electron chi connectivity index (χ0n) is 9.40. The molecule has 1 saturated heterocycles. The monoisotopic (exact) mass is 216 g/mol. The Labute approximate surface area is 90.2 Å². The molecule has 0 amide bonds. The molecule has 0 spiro atoms. The highest BCUT2D eigenvalue weighted by Crippen LogP contribution is 2.33. The van der Waals surface area contributed by atoms with Crippen LogP contribution in [0.25, 0.3) is 0 Å². The SMILES string of the molecule is CC(C)C(O)(C(=O)O)C1CCCOCC1. The molecule has 0 aliphatic carbocycles. The fourth-order valence-corrected chi connectivity index (χ4v) is 2.24. The Hall–Kier alpha value is -0.610. The Balaban J connectivity index is 2.82. The minimum absolute atomic E-state index is 0.197. The molecule has 1 heterocycles. The standard InChI is InChI=1S/C11H20O4/c1-8(2)11(14,10(12)13)9-4-3-6-15-7-5-9/h8-9,14H,3-7H2,1-2H3,(H,12,13). The van der Waals surface area contributed by atoms with E-state index in [0.29, 0.717) is 19.6 Å². The van der Waals surface area contributed by atoms with Crippen molar-refractivity contribution in [1.82, 2.24) is 0 Å². The van der Waals surface area contributed by atoms with Crippen molar-refractivity contribution in [3.8, 4) is 0 Å². The molecule has 4 heteroatoms. The number of carboxylic acids is 1. The molecular weight excluding hydrogens is 196 g/mol. The van der Waals surface area contributed by atoms with E-state index in [2.05, 4.69) is 0 Å². The third kappa shape index (κ3) is 2.49. The molecule has 2 atom stereocenters. The van der Waals surface area contributed by atoms with Gasteiger partial charge in [-0.15, -0.1) is 0 Å². The molecule has 0 saturated carbocycles. The van der Waals surface area contributed by atoms with E-state index in [-0.39, 0.29) is 11.8 Å². The average Bonchev–Trinajstić information content (AvgIpc) is 2.43. The molecule has 1 fully saturated rings. The molecule has 88 valence electrons. The molecule has 0 radical (unpaired) electrons. The van der Waals surface area contributed by atoms with Gasteiger partial charge in [0.1, 0.15) is 0 Å². The maximum Gasteiger partial charge on any atom is 0.336 e. The van der Waals surface area contributed by atoms with Crippen LogP contribution in [-0.4, -0.2) is 35.0 Å². The number of rotatable bonds is 3. The summed E-state index contributed by atoms with van der Waals surface area (Å²) in [5, 5.41) is 19.4. The van der Waals surface area contributed by atoms with Crippen LogP contribution in [0.1, 0.15) is 33.1 Å². The second-order valence-corrected chi connectivity index (χ2v) is 4.53. The van der Waals surface area contributed by atoms with Gasteiger partial charge in [0.05, 0.1) is 0 Å². The molecule has 0 aromatic heterocycles. The van der Waals surface area contributed by atoms with Crippen LogP contribution < -0.4 is 0 Å². The summed E-state index contributed by atoms with van der Waals surface area (Å²) in [4.78, 5) is 11.2. The lowest BCUT2D eigenvalue weighted by Gasteiger charge is -2.35. The quantitative estimate of drug-likeness (QED) is 0.745. The molecular formula is C11H20O4. The Morgan fingerprint density at radius 2 is 2.07 bits per heavy atom. The number of hydrogen-bond acceptors (Lipinski definition) is 3. The topological polar surface area (TPSA) is 66.8 Å². The van der Waals surface area contributed by atoms with Gasteiger partial charge in [-0.1, -0.05) is 13.8 Å². The second kappa shape index (κ2) is 4.94. The molecule has 4 nitrogen and oxygen atoms in total. The lowest BCUT2D eigenvalue weighted by atomic mass is 9.75. The minimum atomic E-state index is -1.60. The van der Waals surface area contributed by atoms with E-state index in [1.54, 1.807) is 13.8 Å². The van der Waals surface area contributed by atoms with Crippen LogP contribution in [0.4, 0.5) is 0 Å². The maximum absolute atomic E-state index is 11.2. The number of carbonyl (C=O) groups is 1. The van der Waals surface area contributed by atoms with Crippen LogP contribution in [-0.2, 0) is 9.53 Å². The number of aliphatic hydroxyl groups is 1. The summed E-state index contributed by atoms with van der Waals surface area (Å²) < 4.78 is 5.28. The Bertz CT molecular complexity index is 219. The Morgan fingerprint density at radius 1 is 1.40 bits per heavy atom. The fraction of sp³-hybridized carbons (Fsp3) is 0.909. The van der Waals surface area contributed by atoms with E-state index in [1.807, 2.05) is 0 Å². The fourth-order valence-electron chi connectivity index (χ4n) is 2.24. The van der Waals surface area contributed by atoms with Crippen molar-refractivity contribution in [2.24, 2.45) is 11.8 Å². The van der Waals surface area contributed by atoms with Gasteiger partial charge in [-0.3, -0.25) is 0 Å². The van der Waals surface area contributed by atoms with Gasteiger partial charge in [0.2, 0.25) is 0 Å². The average molecular weight is 216 g/mol. The summed E-state index contributed by atoms with van der Waals surface area (Å²) in [7, 11) is 0. The van der Waals surface area contributed by atoms with Crippen LogP contribution in [0, 0.1) is 11.8 Å². The zero-order chi connectivity index (χ0) is 11.5. The van der Waals surface area contributed by atoms with Gasteiger partial charge in [-0.05, 0) is 25.2 Å². The maximum atomic E-state index is 11.2. The summed E-state index contributed by atoms with van der Waals surface area (Å²) >= 11 is 0. The van der Waals surface area contributed by atoms with Gasteiger partial charge in [-0.25, -0.2) is 4.79 Å². The van der Waals surface area contributed by atoms with Crippen molar-refractivity contribution in [1.29, 1.82) is 0 Å². The highest BCUT2D eigenvalue weighted by molar-refractivity contribution is 5.77. The first kappa shape index (κ1) is 12.5. The summed E-state index contributed by atoms with van der Waals surface area (Å²) in [6, 6.07) is 0. The molecule has 1 aliphatic rings. The van der Waals surface area contributed by atoms with Gasteiger partial charge >= 0.3 is 5.97 Å². The van der Waals surface area contributed by atoms with E-state index in [9.17, 15) is 9.90 Å². The van der Waals surface area contributed by atoms with Crippen LogP contribution >= 0.6 is 0 Å². The van der Waals surface area contributed by atoms with Crippen molar-refractivity contribution in [2.75, 3.05) is 13.2 Å². The summed E-state index contributed by atoms with van der Waals surface area (Å²) in [6.45, 7) is 4.72. The molecule has 0 aromatic carbocycles. The van der Waals surface area contributed by atoms with Crippen molar-refractivity contribution < 1.29 is 19.7 Å². The Morgan fingerprint density at radius 3 is 2.60 bits per heavy atom. The van der Waals surface area contributed by atoms with Crippen molar-refractivity contribution in [2.45, 2.75) is 38.7 Å². The Kier molecular flexibility index (Phi) is 4.11. The third-order valence-electron chi connectivity index (χ3n) is 3.30. The normalized spacial score (nSPS) is 27.1. The van der Waals surface area contributed by atoms with Crippen molar-refractivity contribution >= 4 is 5.97 Å². The summed E-state index contributed by atoms with van der Waals surface area (Å²) in [6.07, 6.45) is 2.18. The van der Waals surface area contributed by atoms with Crippen LogP contribution in [0.2, 0.25) is 0 Å². The van der Waals surface area contributed by atoms with Crippen molar-refractivity contribution in [3.05, 3.63) is 0 Å². The molecule has 0 aromatic rings. The first-order valence-corrected chi connectivity index (χ1v) is 5.53. The largest absolute Gasteiger partial charge is 0.479 e. The van der Waals surface area contributed by atoms with Gasteiger partial charge < -0.3 is 14.9 Å². The van der Waals surface area contributed by atoms with E-state index in [4.69, 9.17) is 9.84 Å². The smallest absolute Gasteiger partial charge is 0.336 e. The summed E-state index contributed by atoms with van der Waals surface area (Å²) in [5.74, 6) is -1.58.